The highest BCUT2D eigenvalue weighted by Crippen LogP contribution is 2.13. The van der Waals surface area contributed by atoms with Crippen molar-refractivity contribution in [2.75, 3.05) is 39.3 Å². The Morgan fingerprint density at radius 1 is 1.12 bits per heavy atom. The predicted molar refractivity (Wildman–Crippen MR) is 100 cm³/mol. The highest BCUT2D eigenvalue weighted by molar-refractivity contribution is 7.12. The number of carbonyl (C=O) groups excluding carboxylic acids is 2. The molecule has 0 atom stereocenters. The van der Waals surface area contributed by atoms with E-state index >= 15 is 0 Å². The van der Waals surface area contributed by atoms with Gasteiger partial charge in [0.2, 0.25) is 0 Å². The molecule has 1 N–H and O–H groups in total. The molecule has 2 aromatic rings. The number of carbonyl (C=O) groups is 2. The van der Waals surface area contributed by atoms with E-state index in [9.17, 15) is 9.59 Å². The van der Waals surface area contributed by atoms with Crippen molar-refractivity contribution in [3.05, 3.63) is 57.8 Å². The van der Waals surface area contributed by atoms with Crippen molar-refractivity contribution in [1.29, 1.82) is 5.26 Å². The maximum absolute atomic E-state index is 12.3. The van der Waals surface area contributed by atoms with Crippen molar-refractivity contribution < 1.29 is 9.59 Å². The normalized spacial score (nSPS) is 14.7. The Hall–Kier alpha value is -2.69. The van der Waals surface area contributed by atoms with Gasteiger partial charge >= 0.3 is 0 Å². The van der Waals surface area contributed by atoms with Crippen LogP contribution in [0.15, 0.2) is 41.8 Å². The van der Waals surface area contributed by atoms with Gasteiger partial charge in [0.05, 0.1) is 16.5 Å². The molecule has 1 fully saturated rings. The predicted octanol–water partition coefficient (Wildman–Crippen LogP) is 1.81. The first kappa shape index (κ1) is 18.1. The molecule has 2 heterocycles. The van der Waals surface area contributed by atoms with Crippen LogP contribution in [0.1, 0.15) is 25.6 Å². The molecular weight excluding hydrogens is 348 g/mol. The van der Waals surface area contributed by atoms with Crippen LogP contribution in [0.25, 0.3) is 0 Å². The van der Waals surface area contributed by atoms with Gasteiger partial charge in [0.15, 0.2) is 0 Å². The number of hydrogen-bond donors (Lipinski definition) is 1. The highest BCUT2D eigenvalue weighted by atomic mass is 32.1. The quantitative estimate of drug-likeness (QED) is 0.873. The summed E-state index contributed by atoms with van der Waals surface area (Å²) in [4.78, 5) is 29.3. The van der Waals surface area contributed by atoms with Gasteiger partial charge in [0, 0.05) is 44.8 Å². The minimum absolute atomic E-state index is 0.105. The Morgan fingerprint density at radius 2 is 1.85 bits per heavy atom. The monoisotopic (exact) mass is 368 g/mol. The number of piperazine rings is 1. The van der Waals surface area contributed by atoms with Gasteiger partial charge in [-0.15, -0.1) is 11.3 Å². The van der Waals surface area contributed by atoms with E-state index in [1.807, 2.05) is 28.5 Å². The van der Waals surface area contributed by atoms with E-state index in [0.29, 0.717) is 30.8 Å². The maximum atomic E-state index is 12.3. The third kappa shape index (κ3) is 4.48. The lowest BCUT2D eigenvalue weighted by Gasteiger charge is -2.34. The van der Waals surface area contributed by atoms with Crippen LogP contribution in [0.4, 0.5) is 0 Å². The average molecular weight is 368 g/mol. The third-order valence-electron chi connectivity index (χ3n) is 4.38. The van der Waals surface area contributed by atoms with Crippen LogP contribution in [0.2, 0.25) is 0 Å². The Labute approximate surface area is 156 Å². The summed E-state index contributed by atoms with van der Waals surface area (Å²) >= 11 is 1.47. The minimum Gasteiger partial charge on any atom is -0.351 e. The lowest BCUT2D eigenvalue weighted by molar-refractivity contribution is 0.0643. The molecule has 0 unspecified atom stereocenters. The van der Waals surface area contributed by atoms with E-state index < -0.39 is 0 Å². The van der Waals surface area contributed by atoms with Gasteiger partial charge < -0.3 is 10.2 Å². The van der Waals surface area contributed by atoms with Gasteiger partial charge in [0.1, 0.15) is 0 Å². The number of amides is 2. The standard InChI is InChI=1S/C19H20N4O2S/c20-14-15-3-5-16(6-4-15)18(24)21-7-8-22-9-11-23(12-10-22)19(25)17-2-1-13-26-17/h1-6,13H,7-12H2,(H,21,24). The van der Waals surface area contributed by atoms with Gasteiger partial charge in [-0.2, -0.15) is 5.26 Å². The minimum atomic E-state index is -0.138. The van der Waals surface area contributed by atoms with Crippen LogP contribution < -0.4 is 5.32 Å². The number of benzene rings is 1. The number of rotatable bonds is 5. The molecule has 1 aliphatic heterocycles. The zero-order valence-corrected chi connectivity index (χ0v) is 15.2. The van der Waals surface area contributed by atoms with Crippen LogP contribution in [-0.4, -0.2) is 60.9 Å². The Morgan fingerprint density at radius 3 is 2.46 bits per heavy atom. The molecule has 26 heavy (non-hydrogen) atoms. The summed E-state index contributed by atoms with van der Waals surface area (Å²) in [7, 11) is 0. The first-order chi connectivity index (χ1) is 12.7. The topological polar surface area (TPSA) is 76.4 Å². The molecule has 0 bridgehead atoms. The lowest BCUT2D eigenvalue weighted by Crippen LogP contribution is -2.50. The van der Waals surface area contributed by atoms with Gasteiger partial charge in [-0.3, -0.25) is 14.5 Å². The molecule has 134 valence electrons. The summed E-state index contributed by atoms with van der Waals surface area (Å²) in [6, 6.07) is 12.4. The number of nitrogens with one attached hydrogen (secondary N) is 1. The maximum Gasteiger partial charge on any atom is 0.264 e. The summed E-state index contributed by atoms with van der Waals surface area (Å²) in [6.45, 7) is 4.34. The highest BCUT2D eigenvalue weighted by Gasteiger charge is 2.22. The fraction of sp³-hybridized carbons (Fsp3) is 0.316. The summed E-state index contributed by atoms with van der Waals surface area (Å²) in [6.07, 6.45) is 0. The van der Waals surface area contributed by atoms with E-state index in [4.69, 9.17) is 5.26 Å². The van der Waals surface area contributed by atoms with Crippen LogP contribution in [-0.2, 0) is 0 Å². The molecule has 6 nitrogen and oxygen atoms in total. The molecule has 1 aromatic heterocycles. The molecule has 1 aliphatic rings. The van der Waals surface area contributed by atoms with Gasteiger partial charge in [-0.1, -0.05) is 6.07 Å². The fourth-order valence-electron chi connectivity index (χ4n) is 2.86. The SMILES string of the molecule is N#Cc1ccc(C(=O)NCCN2CCN(C(=O)c3cccs3)CC2)cc1. The van der Waals surface area contributed by atoms with Crippen molar-refractivity contribution in [2.24, 2.45) is 0 Å². The first-order valence-electron chi connectivity index (χ1n) is 8.51. The Kier molecular flexibility index (Phi) is 6.00. The molecule has 0 spiro atoms. The summed E-state index contributed by atoms with van der Waals surface area (Å²) in [5.41, 5.74) is 1.09. The second kappa shape index (κ2) is 8.61. The fourth-order valence-corrected chi connectivity index (χ4v) is 3.55. The molecule has 2 amide bonds. The van der Waals surface area contributed by atoms with Crippen LogP contribution >= 0.6 is 11.3 Å². The second-order valence-corrected chi connectivity index (χ2v) is 7.00. The third-order valence-corrected chi connectivity index (χ3v) is 5.24. The van der Waals surface area contributed by atoms with E-state index in [1.165, 1.54) is 11.3 Å². The molecule has 1 saturated heterocycles. The number of hydrogen-bond acceptors (Lipinski definition) is 5. The molecule has 0 aliphatic carbocycles. The van der Waals surface area contributed by atoms with Gasteiger partial charge in [-0.25, -0.2) is 0 Å². The number of nitrogens with zero attached hydrogens (tertiary/aromatic N) is 3. The van der Waals surface area contributed by atoms with Crippen LogP contribution in [0, 0.1) is 11.3 Å². The molecule has 7 heteroatoms. The van der Waals surface area contributed by atoms with Crippen molar-refractivity contribution in [3.8, 4) is 6.07 Å². The molecule has 0 radical (unpaired) electrons. The Balaban J connectivity index is 1.39. The number of nitriles is 1. The Bertz CT molecular complexity index is 788. The summed E-state index contributed by atoms with van der Waals surface area (Å²) in [5, 5.41) is 13.6. The number of thiophene rings is 1. The van der Waals surface area contributed by atoms with Crippen molar-refractivity contribution >= 4 is 23.2 Å². The lowest BCUT2D eigenvalue weighted by atomic mass is 10.1. The van der Waals surface area contributed by atoms with Gasteiger partial charge in [-0.05, 0) is 35.7 Å². The molecule has 0 saturated carbocycles. The van der Waals surface area contributed by atoms with Crippen LogP contribution in [0.5, 0.6) is 0 Å². The first-order valence-corrected chi connectivity index (χ1v) is 9.39. The van der Waals surface area contributed by atoms with E-state index in [-0.39, 0.29) is 11.8 Å². The van der Waals surface area contributed by atoms with Crippen LogP contribution in [0.3, 0.4) is 0 Å². The van der Waals surface area contributed by atoms with Gasteiger partial charge in [0.25, 0.3) is 11.8 Å². The smallest absolute Gasteiger partial charge is 0.264 e. The molecular formula is C19H20N4O2S. The molecule has 3 rings (SSSR count). The van der Waals surface area contributed by atoms with Crippen molar-refractivity contribution in [3.63, 3.8) is 0 Å². The second-order valence-electron chi connectivity index (χ2n) is 6.06. The summed E-state index contributed by atoms with van der Waals surface area (Å²) in [5.74, 6) is -0.0326. The zero-order chi connectivity index (χ0) is 18.4. The largest absolute Gasteiger partial charge is 0.351 e. The van der Waals surface area contributed by atoms with E-state index in [1.54, 1.807) is 24.3 Å². The van der Waals surface area contributed by atoms with Crippen molar-refractivity contribution in [1.82, 2.24) is 15.1 Å². The summed E-state index contributed by atoms with van der Waals surface area (Å²) < 4.78 is 0. The van der Waals surface area contributed by atoms with Crippen molar-refractivity contribution in [2.45, 2.75) is 0 Å². The van der Waals surface area contributed by atoms with E-state index in [2.05, 4.69) is 10.2 Å². The average Bonchev–Trinajstić information content (AvgIpc) is 3.23. The molecule has 1 aromatic carbocycles. The zero-order valence-electron chi connectivity index (χ0n) is 14.4. The van der Waals surface area contributed by atoms with E-state index in [0.717, 1.165) is 24.5 Å².